The first-order valence-electron chi connectivity index (χ1n) is 24.5. The van der Waals surface area contributed by atoms with Gasteiger partial charge in [0.15, 0.2) is 0 Å². The molecule has 2 heteroatoms. The first-order valence-corrected chi connectivity index (χ1v) is 24.5. The van der Waals surface area contributed by atoms with Crippen molar-refractivity contribution in [3.63, 3.8) is 0 Å². The van der Waals surface area contributed by atoms with Gasteiger partial charge in [-0.2, -0.15) is 0 Å². The van der Waals surface area contributed by atoms with E-state index in [0.29, 0.717) is 0 Å². The van der Waals surface area contributed by atoms with E-state index in [0.717, 1.165) is 17.1 Å². The number of aromatic nitrogens is 1. The monoisotopic (exact) mass is 886 g/mol. The topological polar surface area (TPSA) is 8.17 Å². The van der Waals surface area contributed by atoms with Crippen LogP contribution in [0, 0.1) is 0 Å². The molecule has 0 N–H and O–H groups in total. The zero-order valence-electron chi connectivity index (χ0n) is 38.1. The van der Waals surface area contributed by atoms with Crippen LogP contribution in [-0.2, 0) is 10.8 Å². The summed E-state index contributed by atoms with van der Waals surface area (Å²) in [5.41, 5.74) is 26.8. The van der Waals surface area contributed by atoms with Crippen LogP contribution in [0.5, 0.6) is 0 Å². The van der Waals surface area contributed by atoms with E-state index in [2.05, 4.69) is 264 Å². The van der Waals surface area contributed by atoms with Crippen molar-refractivity contribution in [3.05, 3.63) is 299 Å². The molecule has 324 valence electrons. The highest BCUT2D eigenvalue weighted by molar-refractivity contribution is 6.13. The fourth-order valence-corrected chi connectivity index (χ4v) is 13.8. The van der Waals surface area contributed by atoms with Gasteiger partial charge in [0.2, 0.25) is 0 Å². The lowest BCUT2D eigenvalue weighted by atomic mass is 9.65. The Morgan fingerprint density at radius 1 is 0.271 bits per heavy atom. The van der Waals surface area contributed by atoms with Crippen molar-refractivity contribution < 1.29 is 0 Å². The van der Waals surface area contributed by atoms with E-state index in [-0.39, 0.29) is 0 Å². The summed E-state index contributed by atoms with van der Waals surface area (Å²) in [6, 6.07) is 96.1. The van der Waals surface area contributed by atoms with Gasteiger partial charge in [-0.25, -0.2) is 0 Å². The van der Waals surface area contributed by atoms with Crippen molar-refractivity contribution in [2.75, 3.05) is 4.90 Å². The molecule has 0 radical (unpaired) electrons. The Balaban J connectivity index is 1.00. The predicted molar refractivity (Wildman–Crippen MR) is 288 cm³/mol. The van der Waals surface area contributed by atoms with E-state index in [1.165, 1.54) is 117 Å². The van der Waals surface area contributed by atoms with E-state index >= 15 is 0 Å². The van der Waals surface area contributed by atoms with Crippen LogP contribution < -0.4 is 4.90 Å². The summed E-state index contributed by atoms with van der Waals surface area (Å²) in [7, 11) is 0. The standard InChI is InChI=1S/C68H42N2/c1-2-18-43(19-3-1)44-20-16-21-45(40-44)69(46-36-38-53-52-26-8-12-31-58(52)67(63(53)41-46)56-29-10-4-22-48(56)49-23-5-11-30-57(49)67)47-37-39-61-65(42-47)70-64-35-15-9-27-54(64)55-28-17-34-62(66(55)70)68(61)59-32-13-6-24-50(59)51-25-7-14-33-60(51)68/h1-42H. The van der Waals surface area contributed by atoms with Gasteiger partial charge in [-0.1, -0.05) is 212 Å². The van der Waals surface area contributed by atoms with E-state index in [4.69, 9.17) is 0 Å². The van der Waals surface area contributed by atoms with Gasteiger partial charge in [0.05, 0.1) is 27.6 Å². The van der Waals surface area contributed by atoms with Crippen LogP contribution in [0.25, 0.3) is 72.0 Å². The molecule has 1 aliphatic heterocycles. The molecule has 11 aromatic carbocycles. The maximum Gasteiger partial charge on any atom is 0.0754 e. The molecule has 0 saturated carbocycles. The van der Waals surface area contributed by atoms with Crippen molar-refractivity contribution in [2.24, 2.45) is 0 Å². The summed E-state index contributed by atoms with van der Waals surface area (Å²) in [6.07, 6.45) is 0. The molecule has 2 nitrogen and oxygen atoms in total. The van der Waals surface area contributed by atoms with Crippen molar-refractivity contribution in [2.45, 2.75) is 10.8 Å². The van der Waals surface area contributed by atoms with E-state index in [9.17, 15) is 0 Å². The molecule has 0 bridgehead atoms. The van der Waals surface area contributed by atoms with E-state index < -0.39 is 10.8 Å². The molecule has 2 heterocycles. The fourth-order valence-electron chi connectivity index (χ4n) is 13.8. The van der Waals surface area contributed by atoms with Crippen LogP contribution >= 0.6 is 0 Å². The maximum absolute atomic E-state index is 2.58. The third kappa shape index (κ3) is 4.64. The van der Waals surface area contributed by atoms with Crippen LogP contribution in [0.3, 0.4) is 0 Å². The Hall–Kier alpha value is -8.98. The summed E-state index contributed by atoms with van der Waals surface area (Å²) in [5, 5.41) is 2.54. The molecule has 0 atom stereocenters. The van der Waals surface area contributed by atoms with Crippen molar-refractivity contribution in [1.82, 2.24) is 4.57 Å². The number of nitrogens with zero attached hydrogens (tertiary/aromatic N) is 2. The van der Waals surface area contributed by atoms with Crippen LogP contribution in [0.1, 0.15) is 44.5 Å². The van der Waals surface area contributed by atoms with Gasteiger partial charge in [-0.3, -0.25) is 0 Å². The third-order valence-corrected chi connectivity index (χ3v) is 16.4. The van der Waals surface area contributed by atoms with Crippen LogP contribution in [-0.4, -0.2) is 4.57 Å². The van der Waals surface area contributed by atoms with Crippen molar-refractivity contribution >= 4 is 38.9 Å². The Kier molecular flexibility index (Phi) is 7.51. The van der Waals surface area contributed by atoms with Crippen molar-refractivity contribution in [1.29, 1.82) is 0 Å². The SMILES string of the molecule is c1ccc(-c2cccc(N(c3ccc4c(c3)-n3c5ccccc5c5cccc(c53)C43c4ccccc4-c4ccccc43)c3ccc4c(c3)C3(c5ccccc5-c5ccccc53)c3ccccc3-4)c2)cc1. The van der Waals surface area contributed by atoms with Gasteiger partial charge >= 0.3 is 0 Å². The lowest BCUT2D eigenvalue weighted by molar-refractivity contribution is 0.748. The molecule has 0 unspecified atom stereocenters. The molecule has 3 aliphatic carbocycles. The highest BCUT2D eigenvalue weighted by Gasteiger charge is 2.53. The highest BCUT2D eigenvalue weighted by atomic mass is 15.1. The molecule has 12 aromatic rings. The summed E-state index contributed by atoms with van der Waals surface area (Å²) < 4.78 is 2.58. The molecule has 16 rings (SSSR count). The van der Waals surface area contributed by atoms with Crippen LogP contribution in [0.2, 0.25) is 0 Å². The lowest BCUT2D eigenvalue weighted by Gasteiger charge is -2.40. The number of fused-ring (bicyclic) bond motifs is 22. The van der Waals surface area contributed by atoms with E-state index in [1.807, 2.05) is 0 Å². The normalized spacial score (nSPS) is 14.2. The van der Waals surface area contributed by atoms with Gasteiger partial charge in [-0.15, -0.1) is 0 Å². The first kappa shape index (κ1) is 38.0. The molecule has 2 spiro atoms. The Morgan fingerprint density at radius 2 is 0.714 bits per heavy atom. The summed E-state index contributed by atoms with van der Waals surface area (Å²) in [6.45, 7) is 0. The average molecular weight is 887 g/mol. The number of hydrogen-bond acceptors (Lipinski definition) is 1. The minimum atomic E-state index is -0.530. The van der Waals surface area contributed by atoms with Gasteiger partial charge in [0.1, 0.15) is 0 Å². The zero-order chi connectivity index (χ0) is 45.7. The molecule has 1 aromatic heterocycles. The van der Waals surface area contributed by atoms with Crippen LogP contribution in [0.4, 0.5) is 17.1 Å². The fraction of sp³-hybridized carbons (Fsp3) is 0.0294. The molecule has 4 aliphatic rings. The van der Waals surface area contributed by atoms with Gasteiger partial charge in [0.25, 0.3) is 0 Å². The molecular formula is C68H42N2. The second-order valence-electron chi connectivity index (χ2n) is 19.5. The first-order chi connectivity index (χ1) is 34.7. The molecule has 0 amide bonds. The van der Waals surface area contributed by atoms with Gasteiger partial charge in [-0.05, 0) is 131 Å². The van der Waals surface area contributed by atoms with Crippen molar-refractivity contribution in [3.8, 4) is 50.2 Å². The van der Waals surface area contributed by atoms with Gasteiger partial charge < -0.3 is 9.47 Å². The average Bonchev–Trinajstić information content (AvgIpc) is 4.13. The highest BCUT2D eigenvalue weighted by Crippen LogP contribution is 2.64. The lowest BCUT2D eigenvalue weighted by Crippen LogP contribution is -2.33. The smallest absolute Gasteiger partial charge is 0.0754 e. The Morgan fingerprint density at radius 3 is 1.34 bits per heavy atom. The number of para-hydroxylation sites is 2. The molecule has 0 fully saturated rings. The number of benzene rings is 11. The summed E-state index contributed by atoms with van der Waals surface area (Å²) >= 11 is 0. The number of anilines is 3. The second kappa shape index (κ2) is 13.8. The van der Waals surface area contributed by atoms with Gasteiger partial charge in [0, 0.05) is 27.8 Å². The van der Waals surface area contributed by atoms with E-state index in [1.54, 1.807) is 0 Å². The molecule has 70 heavy (non-hydrogen) atoms. The minimum absolute atomic E-state index is 0.475. The number of hydrogen-bond donors (Lipinski definition) is 0. The molecule has 0 saturated heterocycles. The number of rotatable bonds is 4. The Labute approximate surface area is 406 Å². The Bertz CT molecular complexity index is 4100. The molecular weight excluding hydrogens is 845 g/mol. The maximum atomic E-state index is 2.58. The largest absolute Gasteiger partial charge is 0.310 e. The van der Waals surface area contributed by atoms with Crippen LogP contribution in [0.15, 0.2) is 255 Å². The quantitative estimate of drug-likeness (QED) is 0.171. The second-order valence-corrected chi connectivity index (χ2v) is 19.5. The predicted octanol–water partition coefficient (Wildman–Crippen LogP) is 16.9. The summed E-state index contributed by atoms with van der Waals surface area (Å²) in [4.78, 5) is 2.52. The third-order valence-electron chi connectivity index (χ3n) is 16.4. The summed E-state index contributed by atoms with van der Waals surface area (Å²) in [5.74, 6) is 0. The minimum Gasteiger partial charge on any atom is -0.310 e. The zero-order valence-corrected chi connectivity index (χ0v) is 38.1.